The molecule has 1 N–H and O–H groups in total. The summed E-state index contributed by atoms with van der Waals surface area (Å²) in [6.07, 6.45) is 3.60. The number of carbonyl (C=O) groups excluding carboxylic acids is 1. The summed E-state index contributed by atoms with van der Waals surface area (Å²) in [7, 11) is 0. The number of carbonyl (C=O) groups is 1. The predicted molar refractivity (Wildman–Crippen MR) is 57.2 cm³/mol. The van der Waals surface area contributed by atoms with Crippen molar-refractivity contribution in [2.45, 2.75) is 39.2 Å². The number of hydrogen-bond acceptors (Lipinski definition) is 2. The van der Waals surface area contributed by atoms with E-state index in [1.54, 1.807) is 6.26 Å². The fourth-order valence-corrected chi connectivity index (χ4v) is 1.51. The monoisotopic (exact) mass is 207 g/mol. The van der Waals surface area contributed by atoms with E-state index in [0.717, 1.165) is 18.6 Å². The van der Waals surface area contributed by atoms with Gasteiger partial charge in [-0.1, -0.05) is 20.8 Å². The molecular formula is C12H17NO2. The topological polar surface area (TPSA) is 42.2 Å². The summed E-state index contributed by atoms with van der Waals surface area (Å²) in [5.41, 5.74) is -0.559. The lowest BCUT2D eigenvalue weighted by Gasteiger charge is -2.22. The van der Waals surface area contributed by atoms with Crippen LogP contribution in [0, 0.1) is 5.41 Å². The zero-order valence-electron chi connectivity index (χ0n) is 9.46. The lowest BCUT2D eigenvalue weighted by Crippen LogP contribution is -2.41. The van der Waals surface area contributed by atoms with Crippen molar-refractivity contribution < 1.29 is 9.21 Å². The van der Waals surface area contributed by atoms with E-state index in [0.29, 0.717) is 0 Å². The molecule has 1 aromatic rings. The molecule has 1 fully saturated rings. The molecule has 0 spiro atoms. The molecular weight excluding hydrogens is 190 g/mol. The molecule has 0 unspecified atom stereocenters. The van der Waals surface area contributed by atoms with Crippen LogP contribution in [0.4, 0.5) is 0 Å². The van der Waals surface area contributed by atoms with Crippen molar-refractivity contribution in [3.63, 3.8) is 0 Å². The third kappa shape index (κ3) is 1.91. The first kappa shape index (κ1) is 10.3. The van der Waals surface area contributed by atoms with Gasteiger partial charge in [0.05, 0.1) is 11.8 Å². The number of furan rings is 1. The normalized spacial score (nSPS) is 18.6. The van der Waals surface area contributed by atoms with Crippen LogP contribution >= 0.6 is 0 Å². The van der Waals surface area contributed by atoms with Gasteiger partial charge in [0, 0.05) is 5.41 Å². The molecule has 1 heterocycles. The summed E-state index contributed by atoms with van der Waals surface area (Å²) >= 11 is 0. The Labute approximate surface area is 89.9 Å². The lowest BCUT2D eigenvalue weighted by molar-refractivity contribution is -0.129. The highest BCUT2D eigenvalue weighted by molar-refractivity contribution is 5.82. The van der Waals surface area contributed by atoms with Gasteiger partial charge in [0.25, 0.3) is 0 Å². The van der Waals surface area contributed by atoms with Crippen LogP contribution in [-0.2, 0) is 10.3 Å². The Kier molecular flexibility index (Phi) is 2.14. The quantitative estimate of drug-likeness (QED) is 0.809. The van der Waals surface area contributed by atoms with Gasteiger partial charge in [0.15, 0.2) is 0 Å². The summed E-state index contributed by atoms with van der Waals surface area (Å²) in [5.74, 6) is 0.955. The third-order valence-corrected chi connectivity index (χ3v) is 2.78. The molecule has 1 aliphatic rings. The molecule has 0 aromatic carbocycles. The van der Waals surface area contributed by atoms with E-state index in [2.05, 4.69) is 5.32 Å². The van der Waals surface area contributed by atoms with Gasteiger partial charge in [-0.3, -0.25) is 4.79 Å². The van der Waals surface area contributed by atoms with Crippen LogP contribution in [0.25, 0.3) is 0 Å². The summed E-state index contributed by atoms with van der Waals surface area (Å²) in [6.45, 7) is 5.75. The number of rotatable bonds is 2. The largest absolute Gasteiger partial charge is 0.467 e. The van der Waals surface area contributed by atoms with E-state index in [-0.39, 0.29) is 16.9 Å². The van der Waals surface area contributed by atoms with Crippen molar-refractivity contribution in [2.24, 2.45) is 5.41 Å². The Morgan fingerprint density at radius 2 is 2.13 bits per heavy atom. The van der Waals surface area contributed by atoms with Crippen LogP contribution < -0.4 is 5.32 Å². The van der Waals surface area contributed by atoms with E-state index < -0.39 is 0 Å². The molecule has 1 aromatic heterocycles. The number of hydrogen-bond donors (Lipinski definition) is 1. The van der Waals surface area contributed by atoms with Gasteiger partial charge < -0.3 is 9.73 Å². The van der Waals surface area contributed by atoms with Crippen LogP contribution in [0.3, 0.4) is 0 Å². The van der Waals surface area contributed by atoms with Gasteiger partial charge in [-0.15, -0.1) is 0 Å². The number of amides is 1. The standard InChI is InChI=1S/C12H17NO2/c1-11(2,3)10(14)13-12(6-7-12)9-5-4-8-15-9/h4-5,8H,6-7H2,1-3H3,(H,13,14). The van der Waals surface area contributed by atoms with Gasteiger partial charge in [0.2, 0.25) is 5.91 Å². The van der Waals surface area contributed by atoms with Crippen molar-refractivity contribution in [1.29, 1.82) is 0 Å². The van der Waals surface area contributed by atoms with Gasteiger partial charge in [-0.25, -0.2) is 0 Å². The van der Waals surface area contributed by atoms with Gasteiger partial charge >= 0.3 is 0 Å². The van der Waals surface area contributed by atoms with Crippen LogP contribution in [0.15, 0.2) is 22.8 Å². The zero-order chi connectivity index (χ0) is 11.1. The van der Waals surface area contributed by atoms with Crippen LogP contribution in [-0.4, -0.2) is 5.91 Å². The first-order valence-electron chi connectivity index (χ1n) is 5.31. The highest BCUT2D eigenvalue weighted by Gasteiger charge is 2.49. The molecule has 0 atom stereocenters. The Bertz CT molecular complexity index is 355. The van der Waals surface area contributed by atoms with Crippen molar-refractivity contribution in [2.75, 3.05) is 0 Å². The van der Waals surface area contributed by atoms with E-state index >= 15 is 0 Å². The second-order valence-electron chi connectivity index (χ2n) is 5.26. The van der Waals surface area contributed by atoms with E-state index in [9.17, 15) is 4.79 Å². The maximum atomic E-state index is 11.9. The van der Waals surface area contributed by atoms with Crippen molar-refractivity contribution >= 4 is 5.91 Å². The summed E-state index contributed by atoms with van der Waals surface area (Å²) in [6, 6.07) is 3.79. The molecule has 0 bridgehead atoms. The molecule has 2 rings (SSSR count). The highest BCUT2D eigenvalue weighted by Crippen LogP contribution is 2.46. The van der Waals surface area contributed by atoms with E-state index in [4.69, 9.17) is 4.42 Å². The van der Waals surface area contributed by atoms with Crippen molar-refractivity contribution in [3.05, 3.63) is 24.2 Å². The molecule has 0 saturated heterocycles. The first-order valence-corrected chi connectivity index (χ1v) is 5.31. The minimum absolute atomic E-state index is 0.0800. The molecule has 15 heavy (non-hydrogen) atoms. The molecule has 82 valence electrons. The Hall–Kier alpha value is -1.25. The maximum absolute atomic E-state index is 11.9. The first-order chi connectivity index (χ1) is 6.94. The molecule has 3 heteroatoms. The SMILES string of the molecule is CC(C)(C)C(=O)NC1(c2ccco2)CC1. The average Bonchev–Trinajstić information content (AvgIpc) is 2.72. The van der Waals surface area contributed by atoms with Gasteiger partial charge in [-0.05, 0) is 25.0 Å². The fourth-order valence-electron chi connectivity index (χ4n) is 1.51. The van der Waals surface area contributed by atoms with Crippen LogP contribution in [0.5, 0.6) is 0 Å². The van der Waals surface area contributed by atoms with Crippen molar-refractivity contribution in [1.82, 2.24) is 5.32 Å². The Morgan fingerprint density at radius 3 is 2.53 bits per heavy atom. The zero-order valence-corrected chi connectivity index (χ0v) is 9.46. The Morgan fingerprint density at radius 1 is 1.47 bits per heavy atom. The van der Waals surface area contributed by atoms with Crippen molar-refractivity contribution in [3.8, 4) is 0 Å². The van der Waals surface area contributed by atoms with Crippen LogP contribution in [0.2, 0.25) is 0 Å². The van der Waals surface area contributed by atoms with Crippen LogP contribution in [0.1, 0.15) is 39.4 Å². The van der Waals surface area contributed by atoms with E-state index in [1.165, 1.54) is 0 Å². The predicted octanol–water partition coefficient (Wildman–Crippen LogP) is 2.43. The third-order valence-electron chi connectivity index (χ3n) is 2.78. The van der Waals surface area contributed by atoms with E-state index in [1.807, 2.05) is 32.9 Å². The van der Waals surface area contributed by atoms with Gasteiger partial charge in [-0.2, -0.15) is 0 Å². The van der Waals surface area contributed by atoms with Gasteiger partial charge in [0.1, 0.15) is 5.76 Å². The summed E-state index contributed by atoms with van der Waals surface area (Å²) < 4.78 is 5.36. The summed E-state index contributed by atoms with van der Waals surface area (Å²) in [4.78, 5) is 11.9. The lowest BCUT2D eigenvalue weighted by atomic mass is 9.95. The smallest absolute Gasteiger partial charge is 0.226 e. The molecule has 1 aliphatic carbocycles. The molecule has 1 amide bonds. The number of nitrogens with one attached hydrogen (secondary N) is 1. The molecule has 1 saturated carbocycles. The minimum Gasteiger partial charge on any atom is -0.467 e. The molecule has 0 aliphatic heterocycles. The molecule has 0 radical (unpaired) electrons. The Balaban J connectivity index is 2.10. The second kappa shape index (κ2) is 3.12. The average molecular weight is 207 g/mol. The maximum Gasteiger partial charge on any atom is 0.226 e. The fraction of sp³-hybridized carbons (Fsp3) is 0.583. The highest BCUT2D eigenvalue weighted by atomic mass is 16.3. The second-order valence-corrected chi connectivity index (χ2v) is 5.26. The summed E-state index contributed by atoms with van der Waals surface area (Å²) in [5, 5.41) is 3.08. The molecule has 3 nitrogen and oxygen atoms in total. The minimum atomic E-state index is -0.345.